The SMILES string of the molecule is CCCn1c(=O)[nH]c(=O)c2[nH]c(CC#N)nc21. The standard InChI is InChI=1S/C10H11N5O2/c1-2-5-15-8-7(9(16)14-10(15)17)12-6(13-8)3-4-11/h2-3,5H2,1H3,(H,12,13)(H,14,16,17). The Labute approximate surface area is 95.7 Å². The molecule has 88 valence electrons. The van der Waals surface area contributed by atoms with E-state index in [1.165, 1.54) is 4.57 Å². The Kier molecular flexibility index (Phi) is 2.78. The number of aryl methyl sites for hydroxylation is 1. The number of nitrogens with zero attached hydrogens (tertiary/aromatic N) is 3. The van der Waals surface area contributed by atoms with Crippen molar-refractivity contribution in [2.24, 2.45) is 0 Å². The van der Waals surface area contributed by atoms with Gasteiger partial charge in [0.2, 0.25) is 0 Å². The smallest absolute Gasteiger partial charge is 0.330 e. The van der Waals surface area contributed by atoms with E-state index >= 15 is 0 Å². The van der Waals surface area contributed by atoms with Crippen molar-refractivity contribution in [3.8, 4) is 6.07 Å². The number of hydrogen-bond donors (Lipinski definition) is 2. The molecule has 0 amide bonds. The first-order valence-electron chi connectivity index (χ1n) is 5.26. The predicted octanol–water partition coefficient (Wildman–Crippen LogP) is -0.111. The van der Waals surface area contributed by atoms with Gasteiger partial charge in [0, 0.05) is 6.54 Å². The van der Waals surface area contributed by atoms with Gasteiger partial charge < -0.3 is 4.98 Å². The van der Waals surface area contributed by atoms with E-state index in [1.54, 1.807) is 0 Å². The minimum absolute atomic E-state index is 0.0778. The van der Waals surface area contributed by atoms with Crippen LogP contribution in [0, 0.1) is 11.3 Å². The predicted molar refractivity (Wildman–Crippen MR) is 60.6 cm³/mol. The molecule has 0 unspecified atom stereocenters. The number of aromatic amines is 2. The molecule has 0 radical (unpaired) electrons. The van der Waals surface area contributed by atoms with Crippen LogP contribution in [0.2, 0.25) is 0 Å². The van der Waals surface area contributed by atoms with Crippen LogP contribution in [0.5, 0.6) is 0 Å². The van der Waals surface area contributed by atoms with E-state index in [4.69, 9.17) is 5.26 Å². The second kappa shape index (κ2) is 4.25. The molecule has 0 spiro atoms. The summed E-state index contributed by atoms with van der Waals surface area (Å²) in [5.41, 5.74) is -0.428. The van der Waals surface area contributed by atoms with Crippen LogP contribution < -0.4 is 11.2 Å². The number of nitriles is 1. The molecule has 2 aromatic rings. The van der Waals surface area contributed by atoms with Crippen LogP contribution in [0.3, 0.4) is 0 Å². The first kappa shape index (κ1) is 11.1. The molecule has 0 aliphatic carbocycles. The number of rotatable bonds is 3. The monoisotopic (exact) mass is 233 g/mol. The van der Waals surface area contributed by atoms with E-state index in [-0.39, 0.29) is 11.9 Å². The molecule has 7 heteroatoms. The van der Waals surface area contributed by atoms with Crippen LogP contribution >= 0.6 is 0 Å². The van der Waals surface area contributed by atoms with E-state index in [2.05, 4.69) is 15.0 Å². The van der Waals surface area contributed by atoms with Gasteiger partial charge in [0.15, 0.2) is 5.65 Å². The molecule has 2 heterocycles. The molecular weight excluding hydrogens is 222 g/mol. The zero-order chi connectivity index (χ0) is 12.4. The molecule has 17 heavy (non-hydrogen) atoms. The molecule has 7 nitrogen and oxygen atoms in total. The third-order valence-corrected chi connectivity index (χ3v) is 2.38. The Morgan fingerprint density at radius 2 is 2.18 bits per heavy atom. The summed E-state index contributed by atoms with van der Waals surface area (Å²) in [6.07, 6.45) is 0.829. The molecule has 0 atom stereocenters. The Morgan fingerprint density at radius 3 is 2.82 bits per heavy atom. The number of aromatic nitrogens is 4. The zero-order valence-corrected chi connectivity index (χ0v) is 9.28. The van der Waals surface area contributed by atoms with Crippen LogP contribution in [0.4, 0.5) is 0 Å². The van der Waals surface area contributed by atoms with Crippen LogP contribution in [0.15, 0.2) is 9.59 Å². The minimum Gasteiger partial charge on any atom is -0.335 e. The summed E-state index contributed by atoms with van der Waals surface area (Å²) in [5.74, 6) is 0.392. The normalized spacial score (nSPS) is 10.6. The number of fused-ring (bicyclic) bond motifs is 1. The van der Waals surface area contributed by atoms with Gasteiger partial charge in [-0.2, -0.15) is 5.26 Å². The summed E-state index contributed by atoms with van der Waals surface area (Å²) in [6, 6.07) is 1.94. The zero-order valence-electron chi connectivity index (χ0n) is 9.28. The van der Waals surface area contributed by atoms with Gasteiger partial charge in [0.05, 0.1) is 12.5 Å². The number of nitrogens with one attached hydrogen (secondary N) is 2. The fourth-order valence-corrected chi connectivity index (χ4v) is 1.68. The van der Waals surface area contributed by atoms with Crippen molar-refractivity contribution in [1.82, 2.24) is 19.5 Å². The third kappa shape index (κ3) is 1.85. The average molecular weight is 233 g/mol. The van der Waals surface area contributed by atoms with Crippen molar-refractivity contribution in [2.45, 2.75) is 26.3 Å². The number of imidazole rings is 1. The Bertz CT molecular complexity index is 700. The Balaban J connectivity index is 2.77. The van der Waals surface area contributed by atoms with Gasteiger partial charge in [-0.1, -0.05) is 6.92 Å². The van der Waals surface area contributed by atoms with Gasteiger partial charge >= 0.3 is 5.69 Å². The van der Waals surface area contributed by atoms with Crippen molar-refractivity contribution in [2.75, 3.05) is 0 Å². The lowest BCUT2D eigenvalue weighted by Crippen LogP contribution is -2.30. The summed E-state index contributed by atoms with van der Waals surface area (Å²) >= 11 is 0. The quantitative estimate of drug-likeness (QED) is 0.771. The maximum Gasteiger partial charge on any atom is 0.330 e. The van der Waals surface area contributed by atoms with E-state index in [0.29, 0.717) is 18.0 Å². The summed E-state index contributed by atoms with van der Waals surface area (Å²) < 4.78 is 1.40. The van der Waals surface area contributed by atoms with Gasteiger partial charge in [-0.3, -0.25) is 14.3 Å². The van der Waals surface area contributed by atoms with Crippen molar-refractivity contribution in [3.05, 3.63) is 26.7 Å². The van der Waals surface area contributed by atoms with E-state index in [0.717, 1.165) is 6.42 Å². The highest BCUT2D eigenvalue weighted by Gasteiger charge is 2.11. The van der Waals surface area contributed by atoms with Crippen molar-refractivity contribution < 1.29 is 0 Å². The fraction of sp³-hybridized carbons (Fsp3) is 0.400. The molecule has 0 aliphatic rings. The summed E-state index contributed by atoms with van der Waals surface area (Å²) in [5, 5.41) is 8.58. The number of hydrogen-bond acceptors (Lipinski definition) is 4. The fourth-order valence-electron chi connectivity index (χ4n) is 1.68. The molecular formula is C10H11N5O2. The highest BCUT2D eigenvalue weighted by molar-refractivity contribution is 5.69. The summed E-state index contributed by atoms with van der Waals surface area (Å²) in [6.45, 7) is 2.40. The minimum atomic E-state index is -0.506. The maximum atomic E-state index is 11.6. The Morgan fingerprint density at radius 1 is 1.41 bits per heavy atom. The van der Waals surface area contributed by atoms with Crippen molar-refractivity contribution >= 4 is 11.2 Å². The molecule has 2 rings (SSSR count). The molecule has 2 N–H and O–H groups in total. The molecule has 0 fully saturated rings. The lowest BCUT2D eigenvalue weighted by molar-refractivity contribution is 0.652. The highest BCUT2D eigenvalue weighted by Crippen LogP contribution is 2.05. The van der Waals surface area contributed by atoms with Crippen LogP contribution in [0.25, 0.3) is 11.2 Å². The van der Waals surface area contributed by atoms with Crippen LogP contribution in [0.1, 0.15) is 19.2 Å². The van der Waals surface area contributed by atoms with Crippen molar-refractivity contribution in [3.63, 3.8) is 0 Å². The highest BCUT2D eigenvalue weighted by atomic mass is 16.2. The lowest BCUT2D eigenvalue weighted by atomic mass is 10.4. The van der Waals surface area contributed by atoms with Crippen molar-refractivity contribution in [1.29, 1.82) is 5.26 Å². The largest absolute Gasteiger partial charge is 0.335 e. The molecule has 0 aliphatic heterocycles. The van der Waals surface area contributed by atoms with Gasteiger partial charge in [-0.15, -0.1) is 0 Å². The number of H-pyrrole nitrogens is 2. The molecule has 0 saturated heterocycles. The van der Waals surface area contributed by atoms with Gasteiger partial charge in [-0.05, 0) is 6.42 Å². The first-order chi connectivity index (χ1) is 8.17. The lowest BCUT2D eigenvalue weighted by Gasteiger charge is -2.02. The van der Waals surface area contributed by atoms with E-state index in [1.807, 2.05) is 13.0 Å². The molecule has 0 saturated carbocycles. The third-order valence-electron chi connectivity index (χ3n) is 2.38. The maximum absolute atomic E-state index is 11.6. The molecule has 0 bridgehead atoms. The van der Waals surface area contributed by atoms with Gasteiger partial charge in [-0.25, -0.2) is 9.78 Å². The summed E-state index contributed by atoms with van der Waals surface area (Å²) in [4.78, 5) is 32.2. The molecule has 0 aromatic carbocycles. The van der Waals surface area contributed by atoms with Gasteiger partial charge in [0.25, 0.3) is 5.56 Å². The van der Waals surface area contributed by atoms with Crippen LogP contribution in [-0.4, -0.2) is 19.5 Å². The van der Waals surface area contributed by atoms with E-state index in [9.17, 15) is 9.59 Å². The first-order valence-corrected chi connectivity index (χ1v) is 5.26. The molecule has 2 aromatic heterocycles. The summed E-state index contributed by atoms with van der Waals surface area (Å²) in [7, 11) is 0. The Hall–Kier alpha value is -2.36. The van der Waals surface area contributed by atoms with Gasteiger partial charge in [0.1, 0.15) is 11.3 Å². The van der Waals surface area contributed by atoms with E-state index < -0.39 is 11.2 Å². The average Bonchev–Trinajstić information content (AvgIpc) is 2.69. The van der Waals surface area contributed by atoms with Crippen LogP contribution in [-0.2, 0) is 13.0 Å². The second-order valence-corrected chi connectivity index (χ2v) is 3.63. The topological polar surface area (TPSA) is 107 Å². The second-order valence-electron chi connectivity index (χ2n) is 3.63.